The summed E-state index contributed by atoms with van der Waals surface area (Å²) in [4.78, 5) is 33.6. The van der Waals surface area contributed by atoms with Crippen molar-refractivity contribution < 1.29 is 14.3 Å². The summed E-state index contributed by atoms with van der Waals surface area (Å²) in [5, 5.41) is 8.16. The molecule has 5 rings (SSSR count). The number of nitrogens with zero attached hydrogens (tertiary/aromatic N) is 2. The molecule has 2 heterocycles. The summed E-state index contributed by atoms with van der Waals surface area (Å²) < 4.78 is 6.63. The molecule has 0 aliphatic rings. The number of aryl methyl sites for hydroxylation is 1. The average molecular weight is 469 g/mol. The van der Waals surface area contributed by atoms with Gasteiger partial charge in [-0.2, -0.15) is 0 Å². The summed E-state index contributed by atoms with van der Waals surface area (Å²) in [6, 6.07) is 20.1. The molecule has 2 aromatic heterocycles. The Hall–Kier alpha value is -4.30. The number of carbonyl (C=O) groups excluding carboxylic acids is 2. The molecule has 0 aliphatic heterocycles. The lowest BCUT2D eigenvalue weighted by Gasteiger charge is -2.09. The van der Waals surface area contributed by atoms with E-state index in [-0.39, 0.29) is 18.4 Å². The van der Waals surface area contributed by atoms with Crippen LogP contribution in [0.25, 0.3) is 21.0 Å². The van der Waals surface area contributed by atoms with Gasteiger partial charge in [0.25, 0.3) is 11.8 Å². The van der Waals surface area contributed by atoms with Gasteiger partial charge in [-0.25, -0.2) is 4.98 Å². The molecular formula is C26H20N4O3S. The minimum atomic E-state index is -0.298. The molecule has 34 heavy (non-hydrogen) atoms. The molecule has 0 saturated carbocycles. The second-order valence-corrected chi connectivity index (χ2v) is 8.78. The molecule has 3 aromatic carbocycles. The number of benzene rings is 3. The SMILES string of the molecule is Cc1ccc2nc(NC(=O)c3cccc(OCC(=O)Nc4ccc5cnccc5c4)c3)sc2c1. The first-order chi connectivity index (χ1) is 16.5. The number of ether oxygens (including phenoxy) is 1. The second-order valence-electron chi connectivity index (χ2n) is 7.75. The molecule has 0 atom stereocenters. The molecular weight excluding hydrogens is 448 g/mol. The first kappa shape index (κ1) is 21.5. The van der Waals surface area contributed by atoms with E-state index in [4.69, 9.17) is 4.74 Å². The van der Waals surface area contributed by atoms with Gasteiger partial charge in [-0.15, -0.1) is 0 Å². The van der Waals surface area contributed by atoms with Gasteiger partial charge >= 0.3 is 0 Å². The lowest BCUT2D eigenvalue weighted by Crippen LogP contribution is -2.20. The largest absolute Gasteiger partial charge is 0.484 e. The molecule has 2 amide bonds. The smallest absolute Gasteiger partial charge is 0.262 e. The van der Waals surface area contributed by atoms with Gasteiger partial charge < -0.3 is 10.1 Å². The topological polar surface area (TPSA) is 93.2 Å². The summed E-state index contributed by atoms with van der Waals surface area (Å²) in [5.74, 6) is -0.170. The molecule has 0 fully saturated rings. The number of nitrogens with one attached hydrogen (secondary N) is 2. The van der Waals surface area contributed by atoms with Crippen molar-refractivity contribution >= 4 is 55.0 Å². The zero-order valence-electron chi connectivity index (χ0n) is 18.2. The van der Waals surface area contributed by atoms with Gasteiger partial charge in [0, 0.05) is 29.0 Å². The Morgan fingerprint density at radius 1 is 0.971 bits per heavy atom. The third kappa shape index (κ3) is 4.87. The molecule has 0 unspecified atom stereocenters. The molecule has 0 spiro atoms. The molecule has 0 aliphatic carbocycles. The molecule has 0 bridgehead atoms. The molecule has 168 valence electrons. The first-order valence-electron chi connectivity index (χ1n) is 10.6. The van der Waals surface area contributed by atoms with E-state index in [0.717, 1.165) is 26.6 Å². The van der Waals surface area contributed by atoms with Crippen LogP contribution in [-0.4, -0.2) is 28.4 Å². The van der Waals surface area contributed by atoms with Gasteiger partial charge in [0.05, 0.1) is 10.2 Å². The minimum absolute atomic E-state index is 0.184. The first-order valence-corrected chi connectivity index (χ1v) is 11.4. The second kappa shape index (κ2) is 9.29. The number of pyridine rings is 1. The lowest BCUT2D eigenvalue weighted by molar-refractivity contribution is -0.118. The maximum absolute atomic E-state index is 12.7. The standard InChI is InChI=1S/C26H20N4O3S/c1-16-5-8-22-23(11-16)34-26(29-22)30-25(32)18-3-2-4-21(13-18)33-15-24(31)28-20-7-6-19-14-27-10-9-17(19)12-20/h2-14H,15H2,1H3,(H,28,31)(H,29,30,32). The summed E-state index contributed by atoms with van der Waals surface area (Å²) in [5.41, 5.74) is 3.07. The van der Waals surface area contributed by atoms with E-state index in [9.17, 15) is 9.59 Å². The van der Waals surface area contributed by atoms with E-state index in [1.807, 2.05) is 49.4 Å². The van der Waals surface area contributed by atoms with E-state index in [2.05, 4.69) is 20.6 Å². The van der Waals surface area contributed by atoms with Crippen LogP contribution in [0.3, 0.4) is 0 Å². The number of aromatic nitrogens is 2. The Bertz CT molecular complexity index is 1530. The summed E-state index contributed by atoms with van der Waals surface area (Å²) in [6.07, 6.45) is 3.48. The van der Waals surface area contributed by atoms with E-state index >= 15 is 0 Å². The van der Waals surface area contributed by atoms with Crippen LogP contribution in [0.4, 0.5) is 10.8 Å². The van der Waals surface area contributed by atoms with Crippen molar-refractivity contribution in [2.24, 2.45) is 0 Å². The lowest BCUT2D eigenvalue weighted by atomic mass is 10.1. The predicted molar refractivity (Wildman–Crippen MR) is 135 cm³/mol. The quantitative estimate of drug-likeness (QED) is 0.347. The highest BCUT2D eigenvalue weighted by molar-refractivity contribution is 7.22. The van der Waals surface area contributed by atoms with Gasteiger partial charge in [-0.05, 0) is 66.4 Å². The molecule has 0 saturated heterocycles. The number of fused-ring (bicyclic) bond motifs is 2. The molecule has 8 heteroatoms. The minimum Gasteiger partial charge on any atom is -0.484 e. The van der Waals surface area contributed by atoms with Crippen molar-refractivity contribution in [2.45, 2.75) is 6.92 Å². The third-order valence-corrected chi connectivity index (χ3v) is 6.09. The monoisotopic (exact) mass is 468 g/mol. The zero-order valence-corrected chi connectivity index (χ0v) is 19.1. The Kier molecular flexibility index (Phi) is 5.88. The van der Waals surface area contributed by atoms with Gasteiger partial charge in [-0.3, -0.25) is 19.9 Å². The normalized spacial score (nSPS) is 10.9. The third-order valence-electron chi connectivity index (χ3n) is 5.15. The molecule has 2 N–H and O–H groups in total. The highest BCUT2D eigenvalue weighted by Crippen LogP contribution is 2.27. The van der Waals surface area contributed by atoms with Crippen molar-refractivity contribution in [1.29, 1.82) is 0 Å². The number of hydrogen-bond acceptors (Lipinski definition) is 6. The molecule has 7 nitrogen and oxygen atoms in total. The zero-order chi connectivity index (χ0) is 23.5. The van der Waals surface area contributed by atoms with E-state index in [1.165, 1.54) is 11.3 Å². The fraction of sp³-hybridized carbons (Fsp3) is 0.0769. The highest BCUT2D eigenvalue weighted by atomic mass is 32.1. The number of rotatable bonds is 6. The van der Waals surface area contributed by atoms with Crippen LogP contribution in [-0.2, 0) is 4.79 Å². The van der Waals surface area contributed by atoms with Gasteiger partial charge in [0.15, 0.2) is 11.7 Å². The van der Waals surface area contributed by atoms with Gasteiger partial charge in [0.1, 0.15) is 5.75 Å². The Morgan fingerprint density at radius 3 is 2.79 bits per heavy atom. The van der Waals surface area contributed by atoms with Crippen molar-refractivity contribution in [2.75, 3.05) is 17.2 Å². The fourth-order valence-corrected chi connectivity index (χ4v) is 4.45. The predicted octanol–water partition coefficient (Wildman–Crippen LogP) is 5.42. The van der Waals surface area contributed by atoms with Crippen LogP contribution in [0.1, 0.15) is 15.9 Å². The summed E-state index contributed by atoms with van der Waals surface area (Å²) >= 11 is 1.42. The number of anilines is 2. The van der Waals surface area contributed by atoms with E-state index in [1.54, 1.807) is 36.7 Å². The van der Waals surface area contributed by atoms with Crippen LogP contribution in [0, 0.1) is 6.92 Å². The van der Waals surface area contributed by atoms with Crippen molar-refractivity contribution in [3.05, 3.63) is 90.3 Å². The maximum atomic E-state index is 12.7. The van der Waals surface area contributed by atoms with Gasteiger partial charge in [-0.1, -0.05) is 29.5 Å². The Labute approximate surface area is 199 Å². The van der Waals surface area contributed by atoms with Crippen LogP contribution < -0.4 is 15.4 Å². The maximum Gasteiger partial charge on any atom is 0.262 e. The van der Waals surface area contributed by atoms with Crippen LogP contribution >= 0.6 is 11.3 Å². The average Bonchev–Trinajstić information content (AvgIpc) is 3.24. The summed E-state index contributed by atoms with van der Waals surface area (Å²) in [6.45, 7) is 1.83. The van der Waals surface area contributed by atoms with Crippen molar-refractivity contribution in [3.8, 4) is 5.75 Å². The molecule has 5 aromatic rings. The Morgan fingerprint density at radius 2 is 1.88 bits per heavy atom. The van der Waals surface area contributed by atoms with Crippen molar-refractivity contribution in [1.82, 2.24) is 9.97 Å². The van der Waals surface area contributed by atoms with E-state index in [0.29, 0.717) is 22.1 Å². The van der Waals surface area contributed by atoms with Gasteiger partial charge in [0.2, 0.25) is 0 Å². The van der Waals surface area contributed by atoms with Crippen LogP contribution in [0.2, 0.25) is 0 Å². The van der Waals surface area contributed by atoms with E-state index < -0.39 is 0 Å². The summed E-state index contributed by atoms with van der Waals surface area (Å²) in [7, 11) is 0. The fourth-order valence-electron chi connectivity index (χ4n) is 3.49. The number of carbonyl (C=O) groups is 2. The molecule has 0 radical (unpaired) electrons. The number of thiazole rings is 1. The van der Waals surface area contributed by atoms with Crippen LogP contribution in [0.5, 0.6) is 5.75 Å². The Balaban J connectivity index is 1.20. The highest BCUT2D eigenvalue weighted by Gasteiger charge is 2.12. The number of hydrogen-bond donors (Lipinski definition) is 2. The van der Waals surface area contributed by atoms with Crippen LogP contribution in [0.15, 0.2) is 79.1 Å². The van der Waals surface area contributed by atoms with Crippen molar-refractivity contribution in [3.63, 3.8) is 0 Å². The number of amides is 2.